The lowest BCUT2D eigenvalue weighted by Gasteiger charge is -2.16. The van der Waals surface area contributed by atoms with Crippen LogP contribution in [0, 0.1) is 0 Å². The Balaban J connectivity index is 2.29. The molecule has 0 aromatic heterocycles. The molecule has 2 rings (SSSR count). The molecule has 7 nitrogen and oxygen atoms in total. The maximum Gasteiger partial charge on any atom is 0.271 e. The third-order valence-corrected chi connectivity index (χ3v) is 3.76. The van der Waals surface area contributed by atoms with Crippen LogP contribution in [0.3, 0.4) is 0 Å². The van der Waals surface area contributed by atoms with E-state index in [2.05, 4.69) is 10.5 Å². The number of rotatable bonds is 9. The van der Waals surface area contributed by atoms with E-state index in [1.54, 1.807) is 43.3 Å². The monoisotopic (exact) mass is 386 g/mol. The first-order valence-corrected chi connectivity index (χ1v) is 9.20. The van der Waals surface area contributed by atoms with Gasteiger partial charge in [0.05, 0.1) is 25.5 Å². The Morgan fingerprint density at radius 3 is 2.11 bits per heavy atom. The Morgan fingerprint density at radius 2 is 1.57 bits per heavy atom. The maximum atomic E-state index is 12.6. The number of hydrogen-bond donors (Lipinski definition) is 2. The minimum absolute atomic E-state index is 0.132. The highest BCUT2D eigenvalue weighted by atomic mass is 16.5. The number of hydrazone groups is 1. The first-order chi connectivity index (χ1) is 13.5. The van der Waals surface area contributed by atoms with E-state index < -0.39 is 5.91 Å². The normalized spacial score (nSPS) is 11.1. The Hall–Kier alpha value is -3.22. The van der Waals surface area contributed by atoms with Crippen molar-refractivity contribution < 1.29 is 24.1 Å². The smallest absolute Gasteiger partial charge is 0.271 e. The van der Waals surface area contributed by atoms with Gasteiger partial charge in [-0.3, -0.25) is 4.79 Å². The average molecular weight is 386 g/mol. The van der Waals surface area contributed by atoms with Crippen LogP contribution in [0.4, 0.5) is 0 Å². The number of hydrogen-bond acceptors (Lipinski definition) is 6. The number of carbonyl (C=O) groups excluding carboxylic acids is 1. The molecule has 0 saturated heterocycles. The summed E-state index contributed by atoms with van der Waals surface area (Å²) in [6.07, 6.45) is 0. The van der Waals surface area contributed by atoms with Gasteiger partial charge >= 0.3 is 0 Å². The molecule has 0 bridgehead atoms. The van der Waals surface area contributed by atoms with Gasteiger partial charge < -0.3 is 19.3 Å². The topological polar surface area (TPSA) is 89.4 Å². The van der Waals surface area contributed by atoms with Gasteiger partial charge in [-0.2, -0.15) is 5.10 Å². The molecule has 0 spiro atoms. The van der Waals surface area contributed by atoms with E-state index in [-0.39, 0.29) is 5.75 Å². The summed E-state index contributed by atoms with van der Waals surface area (Å²) in [6.45, 7) is 8.60. The third-order valence-electron chi connectivity index (χ3n) is 3.76. The number of nitrogens with zero attached hydrogens (tertiary/aromatic N) is 1. The molecule has 7 heteroatoms. The molecule has 0 saturated carbocycles. The fourth-order valence-electron chi connectivity index (χ4n) is 2.51. The average Bonchev–Trinajstić information content (AvgIpc) is 2.68. The number of ether oxygens (including phenoxy) is 3. The fraction of sp³-hybridized carbons (Fsp3) is 0.333. The number of benzene rings is 2. The van der Waals surface area contributed by atoms with E-state index >= 15 is 0 Å². The van der Waals surface area contributed by atoms with Crippen molar-refractivity contribution in [3.8, 4) is 23.0 Å². The summed E-state index contributed by atoms with van der Waals surface area (Å²) < 4.78 is 16.9. The van der Waals surface area contributed by atoms with Gasteiger partial charge in [0.25, 0.3) is 5.91 Å². The van der Waals surface area contributed by atoms with Crippen molar-refractivity contribution >= 4 is 11.6 Å². The molecular formula is C21H26N2O5. The van der Waals surface area contributed by atoms with Gasteiger partial charge in [-0.05, 0) is 52.0 Å². The maximum absolute atomic E-state index is 12.6. The number of phenols is 1. The number of amides is 1. The molecule has 150 valence electrons. The summed E-state index contributed by atoms with van der Waals surface area (Å²) in [5.41, 5.74) is 4.12. The molecule has 2 aromatic carbocycles. The second-order valence-corrected chi connectivity index (χ2v) is 5.79. The number of aromatic hydroxyl groups is 1. The van der Waals surface area contributed by atoms with Gasteiger partial charge in [0.15, 0.2) is 11.5 Å². The number of carbonyl (C=O) groups is 1. The summed E-state index contributed by atoms with van der Waals surface area (Å²) in [5.74, 6) is 1.07. The van der Waals surface area contributed by atoms with Crippen molar-refractivity contribution in [2.45, 2.75) is 27.7 Å². The quantitative estimate of drug-likeness (QED) is 0.506. The van der Waals surface area contributed by atoms with Crippen LogP contribution < -0.4 is 19.6 Å². The highest BCUT2D eigenvalue weighted by Crippen LogP contribution is 2.39. The summed E-state index contributed by atoms with van der Waals surface area (Å²) in [5, 5.41) is 13.7. The van der Waals surface area contributed by atoms with Gasteiger partial charge in [0.2, 0.25) is 5.75 Å². The van der Waals surface area contributed by atoms with Crippen LogP contribution in [-0.2, 0) is 0 Å². The van der Waals surface area contributed by atoms with Crippen molar-refractivity contribution in [1.82, 2.24) is 5.43 Å². The molecule has 2 N–H and O–H groups in total. The molecule has 0 aliphatic carbocycles. The van der Waals surface area contributed by atoms with E-state index in [1.165, 1.54) is 0 Å². The van der Waals surface area contributed by atoms with Crippen LogP contribution in [0.1, 0.15) is 43.6 Å². The molecule has 0 unspecified atom stereocenters. The van der Waals surface area contributed by atoms with Crippen LogP contribution in [0.25, 0.3) is 0 Å². The predicted molar refractivity (Wildman–Crippen MR) is 108 cm³/mol. The molecule has 0 aliphatic rings. The zero-order chi connectivity index (χ0) is 20.5. The molecule has 0 fully saturated rings. The van der Waals surface area contributed by atoms with Gasteiger partial charge in [0.1, 0.15) is 5.75 Å². The zero-order valence-electron chi connectivity index (χ0n) is 16.6. The Bertz CT molecular complexity index is 821. The van der Waals surface area contributed by atoms with Crippen molar-refractivity contribution in [3.05, 3.63) is 47.5 Å². The summed E-state index contributed by atoms with van der Waals surface area (Å²) in [7, 11) is 0. The highest BCUT2D eigenvalue weighted by Gasteiger charge is 2.18. The second kappa shape index (κ2) is 10.2. The summed E-state index contributed by atoms with van der Waals surface area (Å²) in [4.78, 5) is 12.6. The van der Waals surface area contributed by atoms with Crippen LogP contribution in [0.15, 0.2) is 41.5 Å². The highest BCUT2D eigenvalue weighted by molar-refractivity contribution is 6.01. The first-order valence-electron chi connectivity index (χ1n) is 9.20. The molecule has 0 atom stereocenters. The summed E-state index contributed by atoms with van der Waals surface area (Å²) in [6, 6.07) is 9.85. The standard InChI is InChI=1S/C21H26N2O5/c1-5-26-18-12-16(13-19(27-6-2)20(18)28-7-3)21(25)23-22-14(4)15-9-8-10-17(24)11-15/h8-13,24H,5-7H2,1-4H3,(H,23,25)/b22-14-. The Morgan fingerprint density at radius 1 is 0.964 bits per heavy atom. The lowest BCUT2D eigenvalue weighted by molar-refractivity contribution is 0.0953. The Kier molecular flexibility index (Phi) is 7.68. The van der Waals surface area contributed by atoms with E-state index in [4.69, 9.17) is 14.2 Å². The number of phenolic OH excluding ortho intramolecular Hbond substituents is 1. The van der Waals surface area contributed by atoms with Crippen molar-refractivity contribution in [1.29, 1.82) is 0 Å². The van der Waals surface area contributed by atoms with Gasteiger partial charge in [0, 0.05) is 11.1 Å². The largest absolute Gasteiger partial charge is 0.508 e. The van der Waals surface area contributed by atoms with E-state index in [0.29, 0.717) is 53.9 Å². The van der Waals surface area contributed by atoms with Crippen LogP contribution in [-0.4, -0.2) is 36.5 Å². The molecule has 0 heterocycles. The van der Waals surface area contributed by atoms with Crippen molar-refractivity contribution in [2.75, 3.05) is 19.8 Å². The molecule has 1 amide bonds. The second-order valence-electron chi connectivity index (χ2n) is 5.79. The van der Waals surface area contributed by atoms with Gasteiger partial charge in [-0.25, -0.2) is 5.43 Å². The van der Waals surface area contributed by atoms with Crippen LogP contribution in [0.2, 0.25) is 0 Å². The SMILES string of the molecule is CCOc1cc(C(=O)N/N=C(/C)c2cccc(O)c2)cc(OCC)c1OCC. The van der Waals surface area contributed by atoms with Gasteiger partial charge in [-0.15, -0.1) is 0 Å². The number of nitrogens with one attached hydrogen (secondary N) is 1. The van der Waals surface area contributed by atoms with Crippen LogP contribution in [0.5, 0.6) is 23.0 Å². The lowest BCUT2D eigenvalue weighted by Crippen LogP contribution is -2.20. The van der Waals surface area contributed by atoms with E-state index in [9.17, 15) is 9.90 Å². The van der Waals surface area contributed by atoms with Crippen LogP contribution >= 0.6 is 0 Å². The van der Waals surface area contributed by atoms with Crippen molar-refractivity contribution in [3.63, 3.8) is 0 Å². The molecule has 0 aliphatic heterocycles. The first kappa shape index (κ1) is 21.1. The fourth-order valence-corrected chi connectivity index (χ4v) is 2.51. The molecular weight excluding hydrogens is 360 g/mol. The molecule has 2 aromatic rings. The third kappa shape index (κ3) is 5.39. The molecule has 28 heavy (non-hydrogen) atoms. The predicted octanol–water partition coefficient (Wildman–Crippen LogP) is 3.74. The lowest BCUT2D eigenvalue weighted by atomic mass is 10.1. The van der Waals surface area contributed by atoms with Crippen molar-refractivity contribution in [2.24, 2.45) is 5.10 Å². The summed E-state index contributed by atoms with van der Waals surface area (Å²) >= 11 is 0. The minimum Gasteiger partial charge on any atom is -0.508 e. The molecule has 0 radical (unpaired) electrons. The van der Waals surface area contributed by atoms with E-state index in [0.717, 1.165) is 0 Å². The zero-order valence-corrected chi connectivity index (χ0v) is 16.6. The van der Waals surface area contributed by atoms with Gasteiger partial charge in [-0.1, -0.05) is 12.1 Å². The Labute approximate surface area is 164 Å². The minimum atomic E-state index is -0.413. The van der Waals surface area contributed by atoms with E-state index in [1.807, 2.05) is 20.8 Å².